The predicted octanol–water partition coefficient (Wildman–Crippen LogP) is 1.44. The van der Waals surface area contributed by atoms with Gasteiger partial charge in [-0.05, 0) is 39.8 Å². The molecule has 0 radical (unpaired) electrons. The first-order chi connectivity index (χ1) is 10.1. The summed E-state index contributed by atoms with van der Waals surface area (Å²) in [5.74, 6) is 0.968. The van der Waals surface area contributed by atoms with Crippen LogP contribution in [-0.2, 0) is 19.5 Å². The molecule has 0 fully saturated rings. The first-order valence-corrected chi connectivity index (χ1v) is 7.44. The Labute approximate surface area is 125 Å². The zero-order valence-electron chi connectivity index (χ0n) is 12.8. The Morgan fingerprint density at radius 3 is 3.00 bits per heavy atom. The Kier molecular flexibility index (Phi) is 3.88. The summed E-state index contributed by atoms with van der Waals surface area (Å²) in [7, 11) is 0. The highest BCUT2D eigenvalue weighted by molar-refractivity contribution is 5.47. The lowest BCUT2D eigenvalue weighted by atomic mass is 10.1. The summed E-state index contributed by atoms with van der Waals surface area (Å²) in [6.07, 6.45) is 2.62. The van der Waals surface area contributed by atoms with Crippen LogP contribution < -0.4 is 10.6 Å². The lowest BCUT2D eigenvalue weighted by Crippen LogP contribution is -2.29. The van der Waals surface area contributed by atoms with E-state index in [9.17, 15) is 0 Å². The molecule has 6 nitrogen and oxygen atoms in total. The van der Waals surface area contributed by atoms with Crippen molar-refractivity contribution in [3.63, 3.8) is 0 Å². The Hall–Kier alpha value is -1.95. The quantitative estimate of drug-likeness (QED) is 0.890. The fourth-order valence-corrected chi connectivity index (χ4v) is 2.81. The van der Waals surface area contributed by atoms with Crippen LogP contribution in [0.25, 0.3) is 0 Å². The molecule has 21 heavy (non-hydrogen) atoms. The van der Waals surface area contributed by atoms with Crippen molar-refractivity contribution in [3.8, 4) is 0 Å². The summed E-state index contributed by atoms with van der Waals surface area (Å²) >= 11 is 0. The molecule has 0 saturated carbocycles. The molecule has 2 N–H and O–H groups in total. The van der Waals surface area contributed by atoms with Gasteiger partial charge in [0.1, 0.15) is 12.1 Å². The molecule has 1 aliphatic rings. The van der Waals surface area contributed by atoms with Crippen LogP contribution in [0.1, 0.15) is 29.6 Å². The van der Waals surface area contributed by atoms with E-state index in [0.717, 1.165) is 43.3 Å². The number of hydrogen-bond acceptors (Lipinski definition) is 5. The fraction of sp³-hybridized carbons (Fsp3) is 0.533. The number of fused-ring (bicyclic) bond motifs is 1. The van der Waals surface area contributed by atoms with Crippen molar-refractivity contribution in [2.24, 2.45) is 0 Å². The summed E-state index contributed by atoms with van der Waals surface area (Å²) in [4.78, 5) is 8.78. The fourth-order valence-electron chi connectivity index (χ4n) is 2.81. The topological polar surface area (TPSA) is 67.7 Å². The van der Waals surface area contributed by atoms with Crippen LogP contribution in [0.15, 0.2) is 12.4 Å². The van der Waals surface area contributed by atoms with Gasteiger partial charge in [0.15, 0.2) is 0 Å². The maximum absolute atomic E-state index is 4.51. The van der Waals surface area contributed by atoms with E-state index in [-0.39, 0.29) is 6.04 Å². The SMILES string of the molecule is Cc1cc(C)n(C[C@@H](C)Nc2ncnc3c2CCNC3)n1. The zero-order chi connectivity index (χ0) is 14.8. The molecular weight excluding hydrogens is 264 g/mol. The first-order valence-electron chi connectivity index (χ1n) is 7.44. The van der Waals surface area contributed by atoms with Crippen molar-refractivity contribution in [3.05, 3.63) is 35.0 Å². The monoisotopic (exact) mass is 286 g/mol. The Bertz CT molecular complexity index is 633. The van der Waals surface area contributed by atoms with Gasteiger partial charge in [-0.2, -0.15) is 5.10 Å². The minimum atomic E-state index is 0.261. The number of aromatic nitrogens is 4. The van der Waals surface area contributed by atoms with Crippen molar-refractivity contribution < 1.29 is 0 Å². The highest BCUT2D eigenvalue weighted by atomic mass is 15.3. The molecule has 1 atom stereocenters. The van der Waals surface area contributed by atoms with E-state index in [1.165, 1.54) is 11.3 Å². The van der Waals surface area contributed by atoms with E-state index in [0.29, 0.717) is 0 Å². The standard InChI is InChI=1S/C15H22N6/c1-10-6-12(3)21(20-10)8-11(2)19-15-13-4-5-16-7-14(13)17-9-18-15/h6,9,11,16H,4-5,7-8H2,1-3H3,(H,17,18,19)/t11-/m1/s1. The molecule has 0 spiro atoms. The second kappa shape index (κ2) is 5.81. The van der Waals surface area contributed by atoms with Gasteiger partial charge in [-0.25, -0.2) is 9.97 Å². The lowest BCUT2D eigenvalue weighted by Gasteiger charge is -2.22. The summed E-state index contributed by atoms with van der Waals surface area (Å²) in [6, 6.07) is 2.36. The van der Waals surface area contributed by atoms with E-state index < -0.39 is 0 Å². The number of hydrogen-bond donors (Lipinski definition) is 2. The molecular formula is C15H22N6. The van der Waals surface area contributed by atoms with Gasteiger partial charge in [0.25, 0.3) is 0 Å². The molecule has 112 valence electrons. The van der Waals surface area contributed by atoms with E-state index in [4.69, 9.17) is 0 Å². The van der Waals surface area contributed by atoms with E-state index in [2.05, 4.69) is 45.6 Å². The normalized spacial score (nSPS) is 15.6. The number of rotatable bonds is 4. The molecule has 0 aromatic carbocycles. The van der Waals surface area contributed by atoms with Crippen molar-refractivity contribution in [2.75, 3.05) is 11.9 Å². The van der Waals surface area contributed by atoms with Crippen LogP contribution in [0.5, 0.6) is 0 Å². The molecule has 2 aromatic heterocycles. The lowest BCUT2D eigenvalue weighted by molar-refractivity contribution is 0.542. The van der Waals surface area contributed by atoms with Crippen molar-refractivity contribution in [1.82, 2.24) is 25.1 Å². The summed E-state index contributed by atoms with van der Waals surface area (Å²) in [5, 5.41) is 11.4. The third-order valence-corrected chi connectivity index (χ3v) is 3.81. The molecule has 3 heterocycles. The van der Waals surface area contributed by atoms with E-state index in [1.807, 2.05) is 11.6 Å². The summed E-state index contributed by atoms with van der Waals surface area (Å²) < 4.78 is 2.04. The molecule has 0 aliphatic carbocycles. The van der Waals surface area contributed by atoms with Gasteiger partial charge in [0.05, 0.1) is 17.9 Å². The molecule has 6 heteroatoms. The smallest absolute Gasteiger partial charge is 0.133 e. The number of anilines is 1. The zero-order valence-corrected chi connectivity index (χ0v) is 12.8. The van der Waals surface area contributed by atoms with Gasteiger partial charge in [0, 0.05) is 23.8 Å². The van der Waals surface area contributed by atoms with Gasteiger partial charge in [-0.15, -0.1) is 0 Å². The Morgan fingerprint density at radius 1 is 1.38 bits per heavy atom. The second-order valence-electron chi connectivity index (χ2n) is 5.73. The molecule has 0 bridgehead atoms. The van der Waals surface area contributed by atoms with Crippen LogP contribution in [0, 0.1) is 13.8 Å². The molecule has 0 saturated heterocycles. The van der Waals surface area contributed by atoms with Gasteiger partial charge < -0.3 is 10.6 Å². The molecule has 0 unspecified atom stereocenters. The third kappa shape index (κ3) is 3.05. The molecule has 2 aromatic rings. The molecule has 1 aliphatic heterocycles. The first kappa shape index (κ1) is 14.0. The van der Waals surface area contributed by atoms with Crippen molar-refractivity contribution >= 4 is 5.82 Å². The Balaban J connectivity index is 1.73. The maximum Gasteiger partial charge on any atom is 0.133 e. The average molecular weight is 286 g/mol. The summed E-state index contributed by atoms with van der Waals surface area (Å²) in [5.41, 5.74) is 4.61. The van der Waals surface area contributed by atoms with Crippen LogP contribution in [0.3, 0.4) is 0 Å². The van der Waals surface area contributed by atoms with Gasteiger partial charge in [-0.3, -0.25) is 4.68 Å². The molecule has 0 amide bonds. The number of nitrogens with zero attached hydrogens (tertiary/aromatic N) is 4. The van der Waals surface area contributed by atoms with Crippen molar-refractivity contribution in [2.45, 2.75) is 46.3 Å². The van der Waals surface area contributed by atoms with Crippen LogP contribution in [0.4, 0.5) is 5.82 Å². The highest BCUT2D eigenvalue weighted by Crippen LogP contribution is 2.19. The number of nitrogens with one attached hydrogen (secondary N) is 2. The minimum Gasteiger partial charge on any atom is -0.365 e. The highest BCUT2D eigenvalue weighted by Gasteiger charge is 2.16. The molecule has 3 rings (SSSR count). The Morgan fingerprint density at radius 2 is 2.24 bits per heavy atom. The average Bonchev–Trinajstić information content (AvgIpc) is 2.77. The minimum absolute atomic E-state index is 0.261. The number of aryl methyl sites for hydroxylation is 2. The van der Waals surface area contributed by atoms with E-state index in [1.54, 1.807) is 6.33 Å². The summed E-state index contributed by atoms with van der Waals surface area (Å²) in [6.45, 7) is 8.92. The maximum atomic E-state index is 4.51. The predicted molar refractivity (Wildman–Crippen MR) is 82.2 cm³/mol. The van der Waals surface area contributed by atoms with Crippen LogP contribution >= 0.6 is 0 Å². The third-order valence-electron chi connectivity index (χ3n) is 3.81. The van der Waals surface area contributed by atoms with Crippen LogP contribution in [0.2, 0.25) is 0 Å². The van der Waals surface area contributed by atoms with Crippen LogP contribution in [-0.4, -0.2) is 32.3 Å². The van der Waals surface area contributed by atoms with Gasteiger partial charge >= 0.3 is 0 Å². The largest absolute Gasteiger partial charge is 0.365 e. The van der Waals surface area contributed by atoms with Gasteiger partial charge in [0.2, 0.25) is 0 Å². The van der Waals surface area contributed by atoms with E-state index >= 15 is 0 Å². The second-order valence-corrected chi connectivity index (χ2v) is 5.73. The van der Waals surface area contributed by atoms with Crippen molar-refractivity contribution in [1.29, 1.82) is 0 Å². The van der Waals surface area contributed by atoms with Gasteiger partial charge in [-0.1, -0.05) is 0 Å².